The minimum atomic E-state index is -1.17. The molecule has 3 rings (SSSR count). The van der Waals surface area contributed by atoms with E-state index in [9.17, 15) is 14.7 Å². The molecule has 2 unspecified atom stereocenters. The first-order chi connectivity index (χ1) is 10.5. The number of carboxylic acids is 1. The average molecular weight is 368 g/mol. The number of hydrogen-bond donors (Lipinski definition) is 2. The number of halogens is 1. The molecule has 2 N–H and O–H groups in total. The maximum absolute atomic E-state index is 12.4. The van der Waals surface area contributed by atoms with Crippen LogP contribution in [0.2, 0.25) is 0 Å². The van der Waals surface area contributed by atoms with Gasteiger partial charge in [-0.05, 0) is 30.0 Å². The highest BCUT2D eigenvalue weighted by Crippen LogP contribution is 2.48. The third kappa shape index (κ3) is 3.03. The Bertz CT molecular complexity index is 598. The minimum absolute atomic E-state index is 0.131. The fraction of sp³-hybridized carbons (Fsp3) is 0.500. The maximum atomic E-state index is 12.4. The molecule has 0 spiro atoms. The van der Waals surface area contributed by atoms with Gasteiger partial charge in [0.05, 0.1) is 0 Å². The van der Waals surface area contributed by atoms with Crippen LogP contribution in [0.15, 0.2) is 28.7 Å². The molecule has 1 amide bonds. The summed E-state index contributed by atoms with van der Waals surface area (Å²) in [6.07, 6.45) is 1.42. The molecule has 1 saturated carbocycles. The molecule has 1 aliphatic carbocycles. The van der Waals surface area contributed by atoms with Gasteiger partial charge in [0, 0.05) is 36.4 Å². The third-order valence-corrected chi connectivity index (χ3v) is 5.02. The van der Waals surface area contributed by atoms with Gasteiger partial charge < -0.3 is 15.2 Å². The molecule has 2 fully saturated rings. The van der Waals surface area contributed by atoms with E-state index >= 15 is 0 Å². The van der Waals surface area contributed by atoms with E-state index < -0.39 is 11.5 Å². The molecule has 1 saturated heterocycles. The molecule has 0 aromatic heterocycles. The lowest BCUT2D eigenvalue weighted by Crippen LogP contribution is -2.57. The Morgan fingerprint density at radius 2 is 2.05 bits per heavy atom. The number of carboxylic acid groups (broad SMARTS) is 1. The van der Waals surface area contributed by atoms with Crippen molar-refractivity contribution in [3.8, 4) is 0 Å². The highest BCUT2D eigenvalue weighted by molar-refractivity contribution is 9.10. The van der Waals surface area contributed by atoms with Crippen molar-refractivity contribution in [2.24, 2.45) is 5.92 Å². The van der Waals surface area contributed by atoms with Gasteiger partial charge in [0.25, 0.3) is 0 Å². The van der Waals surface area contributed by atoms with Crippen molar-refractivity contribution >= 4 is 27.8 Å². The highest BCUT2D eigenvalue weighted by atomic mass is 79.9. The molecule has 6 heteroatoms. The first kappa shape index (κ1) is 15.5. The molecule has 22 heavy (non-hydrogen) atoms. The Kier molecular flexibility index (Phi) is 4.23. The first-order valence-corrected chi connectivity index (χ1v) is 8.20. The monoisotopic (exact) mass is 367 g/mol. The van der Waals surface area contributed by atoms with E-state index in [1.165, 1.54) is 0 Å². The fourth-order valence-electron chi connectivity index (χ4n) is 3.03. The van der Waals surface area contributed by atoms with Gasteiger partial charge in [0.2, 0.25) is 5.91 Å². The van der Waals surface area contributed by atoms with Crippen LogP contribution in [0, 0.1) is 5.92 Å². The normalized spacial score (nSPS) is 26.2. The van der Waals surface area contributed by atoms with Gasteiger partial charge in [-0.25, -0.2) is 4.79 Å². The molecular formula is C16H18BrNO4. The van der Waals surface area contributed by atoms with E-state index in [4.69, 9.17) is 4.74 Å². The molecule has 5 nitrogen and oxygen atoms in total. The van der Waals surface area contributed by atoms with Crippen molar-refractivity contribution in [3.63, 3.8) is 0 Å². The standard InChI is InChI=1S/C16H18BrNO4/c17-11-3-1-2-10(8-11)12-9-13(12)14(19)18-16(15(20)21)4-6-22-7-5-16/h1-3,8,12-13H,4-7,9H2,(H,18,19)(H,20,21). The lowest BCUT2D eigenvalue weighted by molar-refractivity contribution is -0.152. The zero-order chi connectivity index (χ0) is 15.7. The van der Waals surface area contributed by atoms with Gasteiger partial charge in [0.1, 0.15) is 5.54 Å². The molecular weight excluding hydrogens is 350 g/mol. The van der Waals surface area contributed by atoms with Crippen LogP contribution < -0.4 is 5.32 Å². The molecule has 1 aliphatic heterocycles. The number of nitrogens with one attached hydrogen (secondary N) is 1. The van der Waals surface area contributed by atoms with Crippen molar-refractivity contribution < 1.29 is 19.4 Å². The fourth-order valence-corrected chi connectivity index (χ4v) is 3.45. The quantitative estimate of drug-likeness (QED) is 0.855. The number of rotatable bonds is 4. The van der Waals surface area contributed by atoms with Crippen molar-refractivity contribution in [2.45, 2.75) is 30.7 Å². The predicted octanol–water partition coefficient (Wildman–Crippen LogP) is 2.30. The Morgan fingerprint density at radius 3 is 2.68 bits per heavy atom. The second-order valence-electron chi connectivity index (χ2n) is 5.99. The van der Waals surface area contributed by atoms with Crippen molar-refractivity contribution in [1.29, 1.82) is 0 Å². The van der Waals surface area contributed by atoms with E-state index in [0.717, 1.165) is 16.5 Å². The van der Waals surface area contributed by atoms with Gasteiger partial charge in [-0.3, -0.25) is 4.79 Å². The topological polar surface area (TPSA) is 75.6 Å². The number of ether oxygens (including phenoxy) is 1. The summed E-state index contributed by atoms with van der Waals surface area (Å²) < 4.78 is 6.20. The molecule has 1 heterocycles. The molecule has 1 aromatic rings. The molecule has 0 radical (unpaired) electrons. The summed E-state index contributed by atoms with van der Waals surface area (Å²) in [7, 11) is 0. The second-order valence-corrected chi connectivity index (χ2v) is 6.91. The van der Waals surface area contributed by atoms with Crippen LogP contribution in [0.5, 0.6) is 0 Å². The molecule has 118 valence electrons. The highest BCUT2D eigenvalue weighted by Gasteiger charge is 2.49. The van der Waals surface area contributed by atoms with Crippen molar-refractivity contribution in [3.05, 3.63) is 34.3 Å². The predicted molar refractivity (Wildman–Crippen MR) is 83.6 cm³/mol. The van der Waals surface area contributed by atoms with Gasteiger partial charge >= 0.3 is 5.97 Å². The number of aliphatic carboxylic acids is 1. The number of carbonyl (C=O) groups is 2. The summed E-state index contributed by atoms with van der Waals surface area (Å²) in [5, 5.41) is 12.3. The molecule has 2 aliphatic rings. The molecule has 2 atom stereocenters. The number of carbonyl (C=O) groups excluding carboxylic acids is 1. The zero-order valence-corrected chi connectivity index (χ0v) is 13.6. The van der Waals surface area contributed by atoms with Crippen LogP contribution in [-0.4, -0.2) is 35.7 Å². The summed E-state index contributed by atoms with van der Waals surface area (Å²) in [4.78, 5) is 24.0. The van der Waals surface area contributed by atoms with Crippen LogP contribution in [-0.2, 0) is 14.3 Å². The van der Waals surface area contributed by atoms with Crippen LogP contribution >= 0.6 is 15.9 Å². The maximum Gasteiger partial charge on any atom is 0.329 e. The Labute approximate surface area is 137 Å². The van der Waals surface area contributed by atoms with Gasteiger partial charge in [-0.15, -0.1) is 0 Å². The van der Waals surface area contributed by atoms with E-state index in [2.05, 4.69) is 21.2 Å². The summed E-state index contributed by atoms with van der Waals surface area (Å²) in [5.74, 6) is -1.07. The van der Waals surface area contributed by atoms with E-state index in [1.54, 1.807) is 0 Å². The first-order valence-electron chi connectivity index (χ1n) is 7.40. The summed E-state index contributed by atoms with van der Waals surface area (Å²) in [6, 6.07) is 7.91. The molecule has 0 bridgehead atoms. The largest absolute Gasteiger partial charge is 0.480 e. The average Bonchev–Trinajstić information content (AvgIpc) is 3.28. The number of benzene rings is 1. The van der Waals surface area contributed by atoms with E-state index in [1.807, 2.05) is 24.3 Å². The summed E-state index contributed by atoms with van der Waals surface area (Å²) in [5.41, 5.74) is -0.0504. The zero-order valence-electron chi connectivity index (χ0n) is 12.0. The van der Waals surface area contributed by atoms with Crippen LogP contribution in [0.3, 0.4) is 0 Å². The lowest BCUT2D eigenvalue weighted by Gasteiger charge is -2.34. The number of hydrogen-bond acceptors (Lipinski definition) is 3. The van der Waals surface area contributed by atoms with E-state index in [0.29, 0.717) is 26.1 Å². The van der Waals surface area contributed by atoms with E-state index in [-0.39, 0.29) is 17.7 Å². The van der Waals surface area contributed by atoms with Gasteiger partial charge in [0.15, 0.2) is 0 Å². The van der Waals surface area contributed by atoms with Crippen LogP contribution in [0.1, 0.15) is 30.7 Å². The third-order valence-electron chi connectivity index (χ3n) is 4.52. The summed E-state index contributed by atoms with van der Waals surface area (Å²) in [6.45, 7) is 0.735. The van der Waals surface area contributed by atoms with Gasteiger partial charge in [-0.1, -0.05) is 28.1 Å². The Morgan fingerprint density at radius 1 is 1.32 bits per heavy atom. The lowest BCUT2D eigenvalue weighted by atomic mass is 9.89. The Balaban J connectivity index is 1.67. The smallest absolute Gasteiger partial charge is 0.329 e. The van der Waals surface area contributed by atoms with Gasteiger partial charge in [-0.2, -0.15) is 0 Å². The Hall–Kier alpha value is -1.40. The van der Waals surface area contributed by atoms with Crippen LogP contribution in [0.4, 0.5) is 0 Å². The minimum Gasteiger partial charge on any atom is -0.480 e. The number of amides is 1. The summed E-state index contributed by atoms with van der Waals surface area (Å²) >= 11 is 3.43. The second kappa shape index (κ2) is 6.01. The SMILES string of the molecule is O=C(NC1(C(=O)O)CCOCC1)C1CC1c1cccc(Br)c1. The van der Waals surface area contributed by atoms with Crippen molar-refractivity contribution in [2.75, 3.05) is 13.2 Å². The van der Waals surface area contributed by atoms with Crippen molar-refractivity contribution in [1.82, 2.24) is 5.32 Å². The van der Waals surface area contributed by atoms with Crippen LogP contribution in [0.25, 0.3) is 0 Å². The molecule has 1 aromatic carbocycles.